The van der Waals surface area contributed by atoms with E-state index in [1.54, 1.807) is 6.92 Å². The zero-order valence-corrected chi connectivity index (χ0v) is 13.9. The minimum Gasteiger partial charge on any atom is -0.390 e. The summed E-state index contributed by atoms with van der Waals surface area (Å²) in [7, 11) is 0. The highest BCUT2D eigenvalue weighted by Gasteiger charge is 2.42. The molecule has 24 heavy (non-hydrogen) atoms. The molecule has 2 aromatic heterocycles. The predicted octanol–water partition coefficient (Wildman–Crippen LogP) is 4.43. The maximum Gasteiger partial charge on any atom is 0.434 e. The summed E-state index contributed by atoms with van der Waals surface area (Å²) in [5, 5.41) is 9.88. The van der Waals surface area contributed by atoms with Gasteiger partial charge in [-0.3, -0.25) is 0 Å². The van der Waals surface area contributed by atoms with Crippen molar-refractivity contribution in [3.8, 4) is 10.6 Å². The lowest BCUT2D eigenvalue weighted by molar-refractivity contribution is -0.140. The third-order valence-electron chi connectivity index (χ3n) is 3.91. The second-order valence-electron chi connectivity index (χ2n) is 6.00. The monoisotopic (exact) mass is 381 g/mol. The molecule has 1 N–H and O–H groups in total. The van der Waals surface area contributed by atoms with Crippen LogP contribution in [0.15, 0.2) is 6.20 Å². The van der Waals surface area contributed by atoms with Crippen molar-refractivity contribution in [1.29, 1.82) is 0 Å². The molecule has 1 aliphatic carbocycles. The number of rotatable bonds is 2. The first-order chi connectivity index (χ1) is 11.1. The summed E-state index contributed by atoms with van der Waals surface area (Å²) in [6.45, 7) is 1.63. The van der Waals surface area contributed by atoms with Crippen molar-refractivity contribution >= 4 is 22.9 Å². The molecule has 1 aliphatic rings. The van der Waals surface area contributed by atoms with Crippen molar-refractivity contribution in [3.05, 3.63) is 28.0 Å². The van der Waals surface area contributed by atoms with Crippen molar-refractivity contribution < 1.29 is 22.7 Å². The van der Waals surface area contributed by atoms with Crippen molar-refractivity contribution in [1.82, 2.24) is 15.0 Å². The van der Waals surface area contributed by atoms with Crippen molar-refractivity contribution in [2.45, 2.75) is 43.9 Å². The van der Waals surface area contributed by atoms with Crippen molar-refractivity contribution in [3.63, 3.8) is 0 Å². The van der Waals surface area contributed by atoms with Gasteiger partial charge in [0.05, 0.1) is 21.7 Å². The van der Waals surface area contributed by atoms with Gasteiger partial charge in [0.1, 0.15) is 5.69 Å². The third kappa shape index (κ3) is 3.38. The molecular formula is C14H12ClF4N3OS. The number of nitrogens with zero attached hydrogens (tertiary/aromatic N) is 3. The van der Waals surface area contributed by atoms with E-state index in [0.717, 1.165) is 17.5 Å². The molecule has 2 atom stereocenters. The van der Waals surface area contributed by atoms with Gasteiger partial charge < -0.3 is 5.11 Å². The van der Waals surface area contributed by atoms with E-state index < -0.39 is 33.9 Å². The van der Waals surface area contributed by atoms with Crippen LogP contribution in [0.2, 0.25) is 5.28 Å². The largest absolute Gasteiger partial charge is 0.434 e. The van der Waals surface area contributed by atoms with E-state index in [9.17, 15) is 22.7 Å². The molecule has 0 bridgehead atoms. The minimum atomic E-state index is -4.75. The zero-order chi connectivity index (χ0) is 17.7. The van der Waals surface area contributed by atoms with Crippen LogP contribution >= 0.6 is 22.9 Å². The Morgan fingerprint density at radius 1 is 1.38 bits per heavy atom. The Kier molecular flexibility index (Phi) is 4.29. The minimum absolute atomic E-state index is 0.212. The van der Waals surface area contributed by atoms with Crippen molar-refractivity contribution in [2.24, 2.45) is 0 Å². The van der Waals surface area contributed by atoms with Gasteiger partial charge in [0, 0.05) is 5.92 Å². The number of thiazole rings is 1. The molecule has 2 heterocycles. The van der Waals surface area contributed by atoms with Crippen LogP contribution in [0.3, 0.4) is 0 Å². The molecular weight excluding hydrogens is 370 g/mol. The molecule has 2 aromatic rings. The van der Waals surface area contributed by atoms with E-state index in [-0.39, 0.29) is 16.2 Å². The fourth-order valence-corrected chi connectivity index (χ4v) is 4.14. The van der Waals surface area contributed by atoms with E-state index in [2.05, 4.69) is 15.0 Å². The summed E-state index contributed by atoms with van der Waals surface area (Å²) in [5.41, 5.74) is -2.64. The lowest BCUT2D eigenvalue weighted by Crippen LogP contribution is -2.18. The van der Waals surface area contributed by atoms with Gasteiger partial charge in [-0.25, -0.2) is 19.3 Å². The molecule has 0 aromatic carbocycles. The Labute approximate surface area is 143 Å². The second kappa shape index (κ2) is 5.89. The summed E-state index contributed by atoms with van der Waals surface area (Å²) >= 11 is 6.31. The van der Waals surface area contributed by atoms with Crippen LogP contribution < -0.4 is 0 Å². The molecule has 3 rings (SSSR count). The molecule has 10 heteroatoms. The SMILES string of the molecule is CC1(O)CCC(c2nc(C(F)(F)F)c(-c3nc(Cl)ncc3F)s2)C1. The zero-order valence-electron chi connectivity index (χ0n) is 12.4. The molecule has 130 valence electrons. The van der Waals surface area contributed by atoms with Gasteiger partial charge in [0.2, 0.25) is 5.28 Å². The summed E-state index contributed by atoms with van der Waals surface area (Å²) in [6.07, 6.45) is -2.73. The number of halogens is 5. The van der Waals surface area contributed by atoms with E-state index in [1.807, 2.05) is 0 Å². The van der Waals surface area contributed by atoms with Gasteiger partial charge in [-0.2, -0.15) is 13.2 Å². The highest BCUT2D eigenvalue weighted by molar-refractivity contribution is 7.15. The highest BCUT2D eigenvalue weighted by atomic mass is 35.5. The molecule has 1 fully saturated rings. The number of alkyl halides is 3. The van der Waals surface area contributed by atoms with Crippen LogP contribution in [0.1, 0.15) is 42.8 Å². The van der Waals surface area contributed by atoms with E-state index >= 15 is 0 Å². The number of aromatic nitrogens is 3. The topological polar surface area (TPSA) is 58.9 Å². The van der Waals surface area contributed by atoms with Gasteiger partial charge in [0.25, 0.3) is 0 Å². The Bertz CT molecular complexity index is 778. The van der Waals surface area contributed by atoms with Gasteiger partial charge >= 0.3 is 6.18 Å². The molecule has 0 radical (unpaired) electrons. The molecule has 1 saturated carbocycles. The molecule has 4 nitrogen and oxygen atoms in total. The second-order valence-corrected chi connectivity index (χ2v) is 7.37. The van der Waals surface area contributed by atoms with E-state index in [0.29, 0.717) is 19.3 Å². The molecule has 0 aliphatic heterocycles. The van der Waals surface area contributed by atoms with E-state index in [1.165, 1.54) is 0 Å². The normalized spacial score (nSPS) is 24.5. The average Bonchev–Trinajstić information content (AvgIpc) is 3.04. The smallest absolute Gasteiger partial charge is 0.390 e. The van der Waals surface area contributed by atoms with Gasteiger partial charge in [-0.15, -0.1) is 11.3 Å². The summed E-state index contributed by atoms with van der Waals surface area (Å²) in [6, 6.07) is 0. The standard InChI is InChI=1S/C14H12ClF4N3OS/c1-13(23)3-2-6(4-13)11-22-10(14(17,18)19)9(24-11)8-7(16)5-20-12(15)21-8/h5-6,23H,2-4H2,1H3. The van der Waals surface area contributed by atoms with Crippen LogP contribution in [0.4, 0.5) is 17.6 Å². The first-order valence-electron chi connectivity index (χ1n) is 7.05. The summed E-state index contributed by atoms with van der Waals surface area (Å²) in [4.78, 5) is 10.3. The van der Waals surface area contributed by atoms with Crippen LogP contribution in [0.25, 0.3) is 10.6 Å². The summed E-state index contributed by atoms with van der Waals surface area (Å²) in [5.74, 6) is -1.31. The lowest BCUT2D eigenvalue weighted by Gasteiger charge is -2.14. The first-order valence-corrected chi connectivity index (χ1v) is 8.25. The Morgan fingerprint density at radius 2 is 2.08 bits per heavy atom. The van der Waals surface area contributed by atoms with Gasteiger partial charge in [0.15, 0.2) is 11.5 Å². The van der Waals surface area contributed by atoms with Gasteiger partial charge in [-0.05, 0) is 37.8 Å². The molecule has 0 spiro atoms. The Hall–Kier alpha value is -1.32. The lowest BCUT2D eigenvalue weighted by atomic mass is 10.0. The number of hydrogen-bond acceptors (Lipinski definition) is 5. The summed E-state index contributed by atoms with van der Waals surface area (Å²) < 4.78 is 53.9. The molecule has 0 amide bonds. The van der Waals surface area contributed by atoms with Crippen LogP contribution in [0.5, 0.6) is 0 Å². The Balaban J connectivity index is 2.10. The third-order valence-corrected chi connectivity index (χ3v) is 5.32. The van der Waals surface area contributed by atoms with Crippen LogP contribution in [-0.4, -0.2) is 25.7 Å². The average molecular weight is 382 g/mol. The number of aliphatic hydroxyl groups is 1. The van der Waals surface area contributed by atoms with Crippen molar-refractivity contribution in [2.75, 3.05) is 0 Å². The van der Waals surface area contributed by atoms with Gasteiger partial charge in [-0.1, -0.05) is 0 Å². The van der Waals surface area contributed by atoms with E-state index in [4.69, 9.17) is 11.6 Å². The molecule has 0 saturated heterocycles. The highest BCUT2D eigenvalue weighted by Crippen LogP contribution is 2.47. The van der Waals surface area contributed by atoms with Crippen LogP contribution in [0, 0.1) is 5.82 Å². The fourth-order valence-electron chi connectivity index (χ4n) is 2.80. The maximum absolute atomic E-state index is 13.9. The number of hydrogen-bond donors (Lipinski definition) is 1. The fraction of sp³-hybridized carbons (Fsp3) is 0.500. The Morgan fingerprint density at radius 3 is 2.67 bits per heavy atom. The molecule has 2 unspecified atom stereocenters. The maximum atomic E-state index is 13.9. The van der Waals surface area contributed by atoms with Crippen LogP contribution in [-0.2, 0) is 6.18 Å². The predicted molar refractivity (Wildman–Crippen MR) is 80.3 cm³/mol. The quantitative estimate of drug-likeness (QED) is 0.617. The first kappa shape index (κ1) is 17.5.